The molecule has 0 amide bonds. The van der Waals surface area contributed by atoms with E-state index in [1.54, 1.807) is 0 Å². The van der Waals surface area contributed by atoms with Crippen LogP contribution in [0.4, 0.5) is 0 Å². The molecule has 84 valence electrons. The molecule has 2 aromatic rings. The average molecular weight is 215 g/mol. The van der Waals surface area contributed by atoms with Crippen LogP contribution in [0.15, 0.2) is 30.5 Å². The van der Waals surface area contributed by atoms with E-state index in [1.807, 2.05) is 25.0 Å². The minimum atomic E-state index is 0.844. The second kappa shape index (κ2) is 4.49. The lowest BCUT2D eigenvalue weighted by atomic mass is 10.1. The van der Waals surface area contributed by atoms with Gasteiger partial charge in [0.05, 0.1) is 11.9 Å². The SMILES string of the molecule is CNCc1cnn(C)c1-c1cccc(C)c1. The molecule has 2 rings (SSSR count). The molecule has 3 heteroatoms. The van der Waals surface area contributed by atoms with Crippen LogP contribution < -0.4 is 5.32 Å². The Kier molecular flexibility index (Phi) is 3.06. The van der Waals surface area contributed by atoms with Crippen LogP contribution >= 0.6 is 0 Å². The Morgan fingerprint density at radius 1 is 1.38 bits per heavy atom. The van der Waals surface area contributed by atoms with Crippen LogP contribution in [-0.2, 0) is 13.6 Å². The molecule has 1 aromatic carbocycles. The van der Waals surface area contributed by atoms with Crippen molar-refractivity contribution in [2.45, 2.75) is 13.5 Å². The molecule has 0 saturated heterocycles. The smallest absolute Gasteiger partial charge is 0.0724 e. The minimum absolute atomic E-state index is 0.844. The standard InChI is InChI=1S/C13H17N3/c1-10-5-4-6-11(7-10)13-12(8-14-2)9-15-16(13)3/h4-7,9,14H,8H2,1-3H3. The van der Waals surface area contributed by atoms with Crippen molar-refractivity contribution in [3.63, 3.8) is 0 Å². The van der Waals surface area contributed by atoms with Crippen molar-refractivity contribution in [2.75, 3.05) is 7.05 Å². The van der Waals surface area contributed by atoms with Gasteiger partial charge in [0.25, 0.3) is 0 Å². The van der Waals surface area contributed by atoms with Crippen LogP contribution in [0.3, 0.4) is 0 Å². The van der Waals surface area contributed by atoms with E-state index in [4.69, 9.17) is 0 Å². The third-order valence-corrected chi connectivity index (χ3v) is 2.67. The lowest BCUT2D eigenvalue weighted by molar-refractivity contribution is 0.773. The van der Waals surface area contributed by atoms with Crippen LogP contribution in [-0.4, -0.2) is 16.8 Å². The zero-order chi connectivity index (χ0) is 11.5. The Hall–Kier alpha value is -1.61. The van der Waals surface area contributed by atoms with Gasteiger partial charge in [0, 0.05) is 24.7 Å². The molecule has 16 heavy (non-hydrogen) atoms. The monoisotopic (exact) mass is 215 g/mol. The summed E-state index contributed by atoms with van der Waals surface area (Å²) < 4.78 is 1.93. The number of aryl methyl sites for hydroxylation is 2. The molecule has 0 aliphatic carbocycles. The van der Waals surface area contributed by atoms with E-state index in [-0.39, 0.29) is 0 Å². The summed E-state index contributed by atoms with van der Waals surface area (Å²) >= 11 is 0. The van der Waals surface area contributed by atoms with Gasteiger partial charge in [0.2, 0.25) is 0 Å². The van der Waals surface area contributed by atoms with Gasteiger partial charge >= 0.3 is 0 Å². The van der Waals surface area contributed by atoms with Gasteiger partial charge in [-0.05, 0) is 20.0 Å². The molecule has 3 nitrogen and oxygen atoms in total. The number of benzene rings is 1. The lowest BCUT2D eigenvalue weighted by Crippen LogP contribution is -2.06. The van der Waals surface area contributed by atoms with Crippen molar-refractivity contribution in [3.8, 4) is 11.3 Å². The first-order valence-electron chi connectivity index (χ1n) is 5.45. The second-order valence-corrected chi connectivity index (χ2v) is 4.04. The van der Waals surface area contributed by atoms with Crippen LogP contribution in [0, 0.1) is 6.92 Å². The number of hydrogen-bond acceptors (Lipinski definition) is 2. The molecule has 0 aliphatic rings. The Morgan fingerprint density at radius 3 is 2.88 bits per heavy atom. The average Bonchev–Trinajstić information content (AvgIpc) is 2.60. The summed E-state index contributed by atoms with van der Waals surface area (Å²) in [4.78, 5) is 0. The zero-order valence-electron chi connectivity index (χ0n) is 9.99. The number of nitrogens with zero attached hydrogens (tertiary/aromatic N) is 2. The van der Waals surface area contributed by atoms with E-state index in [1.165, 1.54) is 22.4 Å². The highest BCUT2D eigenvalue weighted by Gasteiger charge is 2.09. The van der Waals surface area contributed by atoms with Crippen LogP contribution in [0.2, 0.25) is 0 Å². The number of rotatable bonds is 3. The molecule has 0 spiro atoms. The highest BCUT2D eigenvalue weighted by Crippen LogP contribution is 2.23. The Labute approximate surface area is 96.1 Å². The van der Waals surface area contributed by atoms with Crippen molar-refractivity contribution in [2.24, 2.45) is 7.05 Å². The molecule has 0 fully saturated rings. The molecule has 0 saturated carbocycles. The summed E-state index contributed by atoms with van der Waals surface area (Å²) in [5.41, 5.74) is 4.92. The maximum Gasteiger partial charge on any atom is 0.0724 e. The first-order valence-corrected chi connectivity index (χ1v) is 5.45. The van der Waals surface area contributed by atoms with E-state index in [9.17, 15) is 0 Å². The van der Waals surface area contributed by atoms with Gasteiger partial charge in [-0.1, -0.05) is 23.8 Å². The lowest BCUT2D eigenvalue weighted by Gasteiger charge is -2.07. The van der Waals surface area contributed by atoms with E-state index in [0.717, 1.165) is 6.54 Å². The highest BCUT2D eigenvalue weighted by molar-refractivity contribution is 5.64. The molecule has 1 heterocycles. The van der Waals surface area contributed by atoms with E-state index >= 15 is 0 Å². The molecular formula is C13H17N3. The van der Waals surface area contributed by atoms with Gasteiger partial charge in [-0.15, -0.1) is 0 Å². The van der Waals surface area contributed by atoms with E-state index in [2.05, 4.69) is 41.6 Å². The largest absolute Gasteiger partial charge is 0.316 e. The third kappa shape index (κ3) is 1.99. The summed E-state index contributed by atoms with van der Waals surface area (Å²) in [6, 6.07) is 8.51. The quantitative estimate of drug-likeness (QED) is 0.850. The zero-order valence-corrected chi connectivity index (χ0v) is 9.99. The first kappa shape index (κ1) is 10.9. The molecule has 0 bridgehead atoms. The van der Waals surface area contributed by atoms with Crippen molar-refractivity contribution in [1.82, 2.24) is 15.1 Å². The maximum atomic E-state index is 4.32. The summed E-state index contributed by atoms with van der Waals surface area (Å²) in [5.74, 6) is 0. The number of aromatic nitrogens is 2. The second-order valence-electron chi connectivity index (χ2n) is 4.04. The normalized spacial score (nSPS) is 10.7. The van der Waals surface area contributed by atoms with Gasteiger partial charge in [-0.2, -0.15) is 5.10 Å². The number of hydrogen-bond donors (Lipinski definition) is 1. The minimum Gasteiger partial charge on any atom is -0.316 e. The molecule has 0 atom stereocenters. The fourth-order valence-corrected chi connectivity index (χ4v) is 1.97. The van der Waals surface area contributed by atoms with Gasteiger partial charge in [0.1, 0.15) is 0 Å². The Morgan fingerprint density at radius 2 is 2.19 bits per heavy atom. The van der Waals surface area contributed by atoms with Crippen molar-refractivity contribution >= 4 is 0 Å². The Balaban J connectivity index is 2.50. The van der Waals surface area contributed by atoms with Crippen LogP contribution in [0.25, 0.3) is 11.3 Å². The van der Waals surface area contributed by atoms with Crippen molar-refractivity contribution in [1.29, 1.82) is 0 Å². The predicted molar refractivity (Wildman–Crippen MR) is 66.1 cm³/mol. The Bertz CT molecular complexity index is 486. The maximum absolute atomic E-state index is 4.32. The van der Waals surface area contributed by atoms with Gasteiger partial charge in [-0.3, -0.25) is 4.68 Å². The predicted octanol–water partition coefficient (Wildman–Crippen LogP) is 2.11. The summed E-state index contributed by atoms with van der Waals surface area (Å²) in [6.45, 7) is 2.95. The molecule has 1 aromatic heterocycles. The van der Waals surface area contributed by atoms with Crippen LogP contribution in [0.5, 0.6) is 0 Å². The third-order valence-electron chi connectivity index (χ3n) is 2.67. The number of nitrogens with one attached hydrogen (secondary N) is 1. The van der Waals surface area contributed by atoms with E-state index < -0.39 is 0 Å². The molecule has 1 N–H and O–H groups in total. The van der Waals surface area contributed by atoms with E-state index in [0.29, 0.717) is 0 Å². The molecular weight excluding hydrogens is 198 g/mol. The molecule has 0 aliphatic heterocycles. The summed E-state index contributed by atoms with van der Waals surface area (Å²) in [7, 11) is 3.93. The van der Waals surface area contributed by atoms with Gasteiger partial charge in [0.15, 0.2) is 0 Å². The summed E-state index contributed by atoms with van der Waals surface area (Å²) in [6.07, 6.45) is 1.92. The van der Waals surface area contributed by atoms with Crippen molar-refractivity contribution < 1.29 is 0 Å². The topological polar surface area (TPSA) is 29.9 Å². The summed E-state index contributed by atoms with van der Waals surface area (Å²) in [5, 5.41) is 7.49. The van der Waals surface area contributed by atoms with Gasteiger partial charge in [-0.25, -0.2) is 0 Å². The highest BCUT2D eigenvalue weighted by atomic mass is 15.3. The van der Waals surface area contributed by atoms with Gasteiger partial charge < -0.3 is 5.32 Å². The first-order chi connectivity index (χ1) is 7.72. The fourth-order valence-electron chi connectivity index (χ4n) is 1.97. The molecule has 0 radical (unpaired) electrons. The van der Waals surface area contributed by atoms with Crippen molar-refractivity contribution in [3.05, 3.63) is 41.6 Å². The van der Waals surface area contributed by atoms with Crippen LogP contribution in [0.1, 0.15) is 11.1 Å². The fraction of sp³-hybridized carbons (Fsp3) is 0.308. The molecule has 0 unspecified atom stereocenters.